The van der Waals surface area contributed by atoms with E-state index in [1.165, 1.54) is 6.92 Å². The van der Waals surface area contributed by atoms with Crippen LogP contribution >= 0.6 is 0 Å². The number of hydrogen-bond donors (Lipinski definition) is 1. The Hall–Kier alpha value is -0.550. The molecule has 0 unspecified atom stereocenters. The van der Waals surface area contributed by atoms with Crippen LogP contribution in [0.5, 0.6) is 0 Å². The van der Waals surface area contributed by atoms with Crippen LogP contribution in [0.4, 0.5) is 13.2 Å². The summed E-state index contributed by atoms with van der Waals surface area (Å²) in [6, 6.07) is 0. The van der Waals surface area contributed by atoms with Crippen LogP contribution in [0.2, 0.25) is 0 Å². The van der Waals surface area contributed by atoms with Gasteiger partial charge in [0.25, 0.3) is 0 Å². The van der Waals surface area contributed by atoms with Crippen molar-refractivity contribution >= 4 is 0 Å². The number of hydrogen-bond acceptors (Lipinski definition) is 2. The zero-order valence-electron chi connectivity index (χ0n) is 8.90. The number of piperazine rings is 1. The van der Waals surface area contributed by atoms with Crippen LogP contribution < -0.4 is 5.32 Å². The Morgan fingerprint density at radius 3 is 2.47 bits per heavy atom. The fourth-order valence-electron chi connectivity index (χ4n) is 1.57. The summed E-state index contributed by atoms with van der Waals surface area (Å²) < 4.78 is 36.0. The summed E-state index contributed by atoms with van der Waals surface area (Å²) in [6.45, 7) is 5.84. The molecule has 88 valence electrons. The normalized spacial score (nSPS) is 20.7. The number of rotatable bonds is 3. The van der Waals surface area contributed by atoms with Gasteiger partial charge in [0.2, 0.25) is 0 Å². The van der Waals surface area contributed by atoms with E-state index in [9.17, 15) is 13.2 Å². The molecule has 15 heavy (non-hydrogen) atoms. The molecule has 1 aliphatic heterocycles. The second kappa shape index (κ2) is 5.51. The van der Waals surface area contributed by atoms with E-state index in [-0.39, 0.29) is 0 Å². The predicted molar refractivity (Wildman–Crippen MR) is 53.7 cm³/mol. The smallest absolute Gasteiger partial charge is 0.314 e. The summed E-state index contributed by atoms with van der Waals surface area (Å²) in [5, 5.41) is 3.20. The van der Waals surface area contributed by atoms with Crippen molar-refractivity contribution in [1.29, 1.82) is 0 Å². The van der Waals surface area contributed by atoms with Crippen molar-refractivity contribution in [3.63, 3.8) is 0 Å². The van der Waals surface area contributed by atoms with Crippen LogP contribution in [-0.4, -0.2) is 43.8 Å². The molecule has 0 radical (unpaired) electrons. The minimum Gasteiger partial charge on any atom is -0.314 e. The van der Waals surface area contributed by atoms with Gasteiger partial charge in [-0.1, -0.05) is 11.6 Å². The van der Waals surface area contributed by atoms with Gasteiger partial charge in [-0.15, -0.1) is 0 Å². The lowest BCUT2D eigenvalue weighted by atomic mass is 10.2. The molecule has 1 heterocycles. The summed E-state index contributed by atoms with van der Waals surface area (Å²) in [5.74, 6) is 0. The Kier molecular flexibility index (Phi) is 4.60. The summed E-state index contributed by atoms with van der Waals surface area (Å²) in [7, 11) is 0. The molecule has 0 bridgehead atoms. The van der Waals surface area contributed by atoms with Gasteiger partial charge < -0.3 is 5.32 Å². The summed E-state index contributed by atoms with van der Waals surface area (Å²) in [5.41, 5.74) is 0.404. The number of allylic oxidation sites excluding steroid dienone is 1. The maximum atomic E-state index is 12.0. The molecule has 5 heteroatoms. The molecule has 2 nitrogen and oxygen atoms in total. The van der Waals surface area contributed by atoms with E-state index >= 15 is 0 Å². The van der Waals surface area contributed by atoms with Crippen molar-refractivity contribution < 1.29 is 13.2 Å². The standard InChI is InChI=1S/C10H17F3N2/c1-9(8-10(11,12)13)2-5-15-6-3-14-4-7-15/h2,14H,3-8H2,1H3/b9-2+. The maximum absolute atomic E-state index is 12.0. The zero-order chi connectivity index (χ0) is 11.3. The van der Waals surface area contributed by atoms with Crippen molar-refractivity contribution in [1.82, 2.24) is 10.2 Å². The summed E-state index contributed by atoms with van der Waals surface area (Å²) >= 11 is 0. The van der Waals surface area contributed by atoms with Gasteiger partial charge in [0.1, 0.15) is 0 Å². The minimum absolute atomic E-state index is 0.404. The van der Waals surface area contributed by atoms with E-state index in [2.05, 4.69) is 10.2 Å². The molecule has 0 atom stereocenters. The van der Waals surface area contributed by atoms with Gasteiger partial charge in [-0.3, -0.25) is 4.90 Å². The Bertz CT molecular complexity index is 217. The molecule has 0 aromatic rings. The first-order valence-electron chi connectivity index (χ1n) is 5.13. The van der Waals surface area contributed by atoms with Crippen LogP contribution in [0.25, 0.3) is 0 Å². The van der Waals surface area contributed by atoms with E-state index in [4.69, 9.17) is 0 Å². The Morgan fingerprint density at radius 1 is 1.33 bits per heavy atom. The Balaban J connectivity index is 2.29. The van der Waals surface area contributed by atoms with Gasteiger partial charge in [0.15, 0.2) is 0 Å². The van der Waals surface area contributed by atoms with Gasteiger partial charge >= 0.3 is 6.18 Å². The fourth-order valence-corrected chi connectivity index (χ4v) is 1.57. The van der Waals surface area contributed by atoms with E-state index in [1.54, 1.807) is 6.08 Å². The van der Waals surface area contributed by atoms with Crippen molar-refractivity contribution in [3.8, 4) is 0 Å². The average molecular weight is 222 g/mol. The largest absolute Gasteiger partial charge is 0.392 e. The SMILES string of the molecule is C/C(=C\CN1CCNCC1)CC(F)(F)F. The lowest BCUT2D eigenvalue weighted by molar-refractivity contribution is -0.127. The van der Waals surface area contributed by atoms with Gasteiger partial charge in [0, 0.05) is 32.7 Å². The third-order valence-corrected chi connectivity index (χ3v) is 2.39. The summed E-state index contributed by atoms with van der Waals surface area (Å²) in [4.78, 5) is 2.15. The van der Waals surface area contributed by atoms with Crippen molar-refractivity contribution in [3.05, 3.63) is 11.6 Å². The maximum Gasteiger partial charge on any atom is 0.392 e. The number of halogens is 3. The highest BCUT2D eigenvalue weighted by atomic mass is 19.4. The molecule has 0 aromatic carbocycles. The number of alkyl halides is 3. The van der Waals surface area contributed by atoms with Crippen LogP contribution in [0.1, 0.15) is 13.3 Å². The third kappa shape index (κ3) is 5.79. The molecule has 1 N–H and O–H groups in total. The minimum atomic E-state index is -4.08. The first-order chi connectivity index (χ1) is 6.97. The van der Waals surface area contributed by atoms with Gasteiger partial charge in [-0.2, -0.15) is 13.2 Å². The molecular weight excluding hydrogens is 205 g/mol. The van der Waals surface area contributed by atoms with Crippen LogP contribution in [0.15, 0.2) is 11.6 Å². The first kappa shape index (κ1) is 12.5. The Labute approximate surface area is 88.1 Å². The molecule has 1 aliphatic rings. The van der Waals surface area contributed by atoms with Gasteiger partial charge in [-0.25, -0.2) is 0 Å². The molecule has 0 saturated carbocycles. The topological polar surface area (TPSA) is 15.3 Å². The third-order valence-electron chi connectivity index (χ3n) is 2.39. The molecule has 0 spiro atoms. The quantitative estimate of drug-likeness (QED) is 0.732. The molecule has 0 aromatic heterocycles. The van der Waals surface area contributed by atoms with Crippen molar-refractivity contribution in [2.24, 2.45) is 0 Å². The van der Waals surface area contributed by atoms with E-state index in [1.807, 2.05) is 0 Å². The average Bonchev–Trinajstić information content (AvgIpc) is 2.14. The first-order valence-corrected chi connectivity index (χ1v) is 5.13. The Morgan fingerprint density at radius 2 is 1.93 bits per heavy atom. The zero-order valence-corrected chi connectivity index (χ0v) is 8.90. The van der Waals surface area contributed by atoms with Crippen LogP contribution in [-0.2, 0) is 0 Å². The monoisotopic (exact) mass is 222 g/mol. The van der Waals surface area contributed by atoms with E-state index in [0.717, 1.165) is 26.2 Å². The fraction of sp³-hybridized carbons (Fsp3) is 0.800. The lowest BCUT2D eigenvalue weighted by Crippen LogP contribution is -2.43. The molecular formula is C10H17F3N2. The van der Waals surface area contributed by atoms with Crippen molar-refractivity contribution in [2.75, 3.05) is 32.7 Å². The molecule has 0 aliphatic carbocycles. The highest BCUT2D eigenvalue weighted by Gasteiger charge is 2.27. The second-order valence-electron chi connectivity index (χ2n) is 3.89. The van der Waals surface area contributed by atoms with E-state index < -0.39 is 12.6 Å². The molecule has 1 saturated heterocycles. The predicted octanol–water partition coefficient (Wildman–Crippen LogP) is 1.79. The van der Waals surface area contributed by atoms with Crippen LogP contribution in [0.3, 0.4) is 0 Å². The highest BCUT2D eigenvalue weighted by molar-refractivity contribution is 5.01. The van der Waals surface area contributed by atoms with Gasteiger partial charge in [0.05, 0.1) is 6.42 Å². The molecule has 1 rings (SSSR count). The number of nitrogens with one attached hydrogen (secondary N) is 1. The summed E-state index contributed by atoms with van der Waals surface area (Å²) in [6.07, 6.45) is -3.19. The lowest BCUT2D eigenvalue weighted by Gasteiger charge is -2.26. The van der Waals surface area contributed by atoms with Crippen molar-refractivity contribution in [2.45, 2.75) is 19.5 Å². The number of nitrogens with zero attached hydrogens (tertiary/aromatic N) is 1. The second-order valence-corrected chi connectivity index (χ2v) is 3.89. The molecule has 0 amide bonds. The van der Waals surface area contributed by atoms with E-state index in [0.29, 0.717) is 12.1 Å². The van der Waals surface area contributed by atoms with Gasteiger partial charge in [-0.05, 0) is 6.92 Å². The highest BCUT2D eigenvalue weighted by Crippen LogP contribution is 2.23. The molecule has 1 fully saturated rings. The van der Waals surface area contributed by atoms with Crippen LogP contribution in [0, 0.1) is 0 Å².